The quantitative estimate of drug-likeness (QED) is 0.758. The van der Waals surface area contributed by atoms with Crippen molar-refractivity contribution in [2.75, 3.05) is 13.1 Å². The van der Waals surface area contributed by atoms with Crippen LogP contribution in [0.4, 0.5) is 0 Å². The molecular weight excluding hydrogens is 326 g/mol. The minimum atomic E-state index is 0.0890. The van der Waals surface area contributed by atoms with Gasteiger partial charge in [0.15, 0.2) is 0 Å². The van der Waals surface area contributed by atoms with Gasteiger partial charge in [-0.3, -0.25) is 4.79 Å². The summed E-state index contributed by atoms with van der Waals surface area (Å²) in [5.74, 6) is 0.853. The van der Waals surface area contributed by atoms with E-state index < -0.39 is 0 Å². The number of rotatable bonds is 2. The van der Waals surface area contributed by atoms with Crippen molar-refractivity contribution in [2.24, 2.45) is 5.92 Å². The van der Waals surface area contributed by atoms with Crippen LogP contribution in [0.1, 0.15) is 43.0 Å². The standard InChI is InChI=1S/C15H19BrClNO/c1-2-11-4-3-8-18(9-7-11)15(19)13-10-12(17)5-6-14(13)16/h5-6,10-11H,2-4,7-9H2,1H3. The van der Waals surface area contributed by atoms with E-state index in [1.807, 2.05) is 11.0 Å². The summed E-state index contributed by atoms with van der Waals surface area (Å²) < 4.78 is 0.818. The van der Waals surface area contributed by atoms with Gasteiger partial charge >= 0.3 is 0 Å². The van der Waals surface area contributed by atoms with Crippen molar-refractivity contribution in [3.05, 3.63) is 33.3 Å². The Morgan fingerprint density at radius 1 is 1.42 bits per heavy atom. The van der Waals surface area contributed by atoms with Crippen molar-refractivity contribution < 1.29 is 4.79 Å². The highest BCUT2D eigenvalue weighted by molar-refractivity contribution is 9.10. The van der Waals surface area contributed by atoms with Crippen molar-refractivity contribution in [1.82, 2.24) is 4.90 Å². The van der Waals surface area contributed by atoms with Gasteiger partial charge in [0.05, 0.1) is 5.56 Å². The second-order valence-electron chi connectivity index (χ2n) is 5.12. The van der Waals surface area contributed by atoms with E-state index in [1.54, 1.807) is 12.1 Å². The largest absolute Gasteiger partial charge is 0.339 e. The molecule has 1 atom stereocenters. The molecule has 0 radical (unpaired) electrons. The molecule has 4 heteroatoms. The molecule has 1 unspecified atom stereocenters. The summed E-state index contributed by atoms with van der Waals surface area (Å²) in [6, 6.07) is 5.37. The molecule has 1 fully saturated rings. The van der Waals surface area contributed by atoms with Crippen LogP contribution in [-0.4, -0.2) is 23.9 Å². The summed E-state index contributed by atoms with van der Waals surface area (Å²) in [6.45, 7) is 3.94. The average Bonchev–Trinajstić information content (AvgIpc) is 2.66. The van der Waals surface area contributed by atoms with Gasteiger partial charge < -0.3 is 4.90 Å². The molecule has 2 rings (SSSR count). The van der Waals surface area contributed by atoms with Gasteiger partial charge in [-0.15, -0.1) is 0 Å². The van der Waals surface area contributed by atoms with Crippen molar-refractivity contribution in [1.29, 1.82) is 0 Å². The zero-order valence-corrected chi connectivity index (χ0v) is 13.5. The van der Waals surface area contributed by atoms with E-state index in [0.29, 0.717) is 10.6 Å². The Kier molecular flexibility index (Phi) is 5.28. The number of halogens is 2. The number of amides is 1. The molecule has 0 aliphatic carbocycles. The monoisotopic (exact) mass is 343 g/mol. The van der Waals surface area contributed by atoms with Crippen LogP contribution >= 0.6 is 27.5 Å². The molecule has 104 valence electrons. The van der Waals surface area contributed by atoms with Gasteiger partial charge in [-0.25, -0.2) is 0 Å². The number of benzene rings is 1. The van der Waals surface area contributed by atoms with Crippen molar-refractivity contribution in [3.8, 4) is 0 Å². The lowest BCUT2D eigenvalue weighted by Gasteiger charge is -2.21. The molecule has 1 aromatic carbocycles. The van der Waals surface area contributed by atoms with Gasteiger partial charge in [-0.05, 0) is 59.3 Å². The zero-order chi connectivity index (χ0) is 13.8. The van der Waals surface area contributed by atoms with Gasteiger partial charge in [-0.2, -0.15) is 0 Å². The normalized spacial score (nSPS) is 20.2. The first kappa shape index (κ1) is 14.9. The fourth-order valence-corrected chi connectivity index (χ4v) is 3.20. The van der Waals surface area contributed by atoms with Gasteiger partial charge in [0.2, 0.25) is 0 Å². The Labute approximate surface area is 128 Å². The minimum absolute atomic E-state index is 0.0890. The first-order valence-electron chi connectivity index (χ1n) is 6.86. The van der Waals surface area contributed by atoms with E-state index >= 15 is 0 Å². The third-order valence-corrected chi connectivity index (χ3v) is 4.80. The van der Waals surface area contributed by atoms with Crippen molar-refractivity contribution in [3.63, 3.8) is 0 Å². The minimum Gasteiger partial charge on any atom is -0.339 e. The summed E-state index contributed by atoms with van der Waals surface area (Å²) in [5, 5.41) is 0.604. The van der Waals surface area contributed by atoms with E-state index in [9.17, 15) is 4.79 Å². The summed E-state index contributed by atoms with van der Waals surface area (Å²) in [5.41, 5.74) is 0.669. The van der Waals surface area contributed by atoms with Crippen LogP contribution in [0, 0.1) is 5.92 Å². The van der Waals surface area contributed by atoms with Crippen LogP contribution in [0.3, 0.4) is 0 Å². The molecular formula is C15H19BrClNO. The highest BCUT2D eigenvalue weighted by Crippen LogP contribution is 2.25. The first-order chi connectivity index (χ1) is 9.11. The fourth-order valence-electron chi connectivity index (χ4n) is 2.61. The highest BCUT2D eigenvalue weighted by Gasteiger charge is 2.22. The number of nitrogens with zero attached hydrogens (tertiary/aromatic N) is 1. The van der Waals surface area contributed by atoms with E-state index in [0.717, 1.165) is 36.3 Å². The lowest BCUT2D eigenvalue weighted by Crippen LogP contribution is -2.32. The Hall–Kier alpha value is -0.540. The number of carbonyl (C=O) groups excluding carboxylic acids is 1. The first-order valence-corrected chi connectivity index (χ1v) is 8.03. The molecule has 1 aromatic rings. The molecule has 1 aliphatic heterocycles. The van der Waals surface area contributed by atoms with Gasteiger partial charge in [0.1, 0.15) is 0 Å². The van der Waals surface area contributed by atoms with Crippen LogP contribution in [0.15, 0.2) is 22.7 Å². The second-order valence-corrected chi connectivity index (χ2v) is 6.41. The summed E-state index contributed by atoms with van der Waals surface area (Å²) in [6.07, 6.45) is 4.66. The summed E-state index contributed by atoms with van der Waals surface area (Å²) in [7, 11) is 0. The van der Waals surface area contributed by atoms with Gasteiger partial charge in [0, 0.05) is 22.6 Å². The molecule has 0 N–H and O–H groups in total. The van der Waals surface area contributed by atoms with Crippen LogP contribution in [0.2, 0.25) is 5.02 Å². The van der Waals surface area contributed by atoms with Gasteiger partial charge in [-0.1, -0.05) is 24.9 Å². The molecule has 1 amide bonds. The molecule has 19 heavy (non-hydrogen) atoms. The lowest BCUT2D eigenvalue weighted by molar-refractivity contribution is 0.0759. The molecule has 1 saturated heterocycles. The third kappa shape index (κ3) is 3.73. The zero-order valence-electron chi connectivity index (χ0n) is 11.2. The Bertz CT molecular complexity index is 463. The van der Waals surface area contributed by atoms with E-state index in [-0.39, 0.29) is 5.91 Å². The maximum Gasteiger partial charge on any atom is 0.255 e. The Morgan fingerprint density at radius 3 is 2.95 bits per heavy atom. The van der Waals surface area contributed by atoms with E-state index in [2.05, 4.69) is 22.9 Å². The predicted octanol–water partition coefficient (Wildman–Crippen LogP) is 4.75. The Balaban J connectivity index is 2.13. The smallest absolute Gasteiger partial charge is 0.255 e. The van der Waals surface area contributed by atoms with Crippen molar-refractivity contribution in [2.45, 2.75) is 32.6 Å². The maximum absolute atomic E-state index is 12.6. The molecule has 0 spiro atoms. The van der Waals surface area contributed by atoms with E-state index in [1.165, 1.54) is 12.8 Å². The molecule has 0 bridgehead atoms. The number of hydrogen-bond donors (Lipinski definition) is 0. The summed E-state index contributed by atoms with van der Waals surface area (Å²) in [4.78, 5) is 14.5. The van der Waals surface area contributed by atoms with Gasteiger partial charge in [0.25, 0.3) is 5.91 Å². The molecule has 0 saturated carbocycles. The van der Waals surface area contributed by atoms with Crippen LogP contribution in [-0.2, 0) is 0 Å². The lowest BCUT2D eigenvalue weighted by atomic mass is 9.98. The van der Waals surface area contributed by atoms with Crippen molar-refractivity contribution >= 4 is 33.4 Å². The van der Waals surface area contributed by atoms with E-state index in [4.69, 9.17) is 11.6 Å². The number of carbonyl (C=O) groups is 1. The predicted molar refractivity (Wildman–Crippen MR) is 82.7 cm³/mol. The molecule has 2 nitrogen and oxygen atoms in total. The fraction of sp³-hybridized carbons (Fsp3) is 0.533. The van der Waals surface area contributed by atoms with Crippen LogP contribution in [0.5, 0.6) is 0 Å². The third-order valence-electron chi connectivity index (χ3n) is 3.87. The highest BCUT2D eigenvalue weighted by atomic mass is 79.9. The number of likely N-dealkylation sites (tertiary alicyclic amines) is 1. The van der Waals surface area contributed by atoms with Crippen LogP contribution in [0.25, 0.3) is 0 Å². The SMILES string of the molecule is CCC1CCCN(C(=O)c2cc(Cl)ccc2Br)CC1. The number of hydrogen-bond acceptors (Lipinski definition) is 1. The average molecular weight is 345 g/mol. The summed E-state index contributed by atoms with van der Waals surface area (Å²) >= 11 is 9.42. The molecule has 1 aliphatic rings. The Morgan fingerprint density at radius 2 is 2.21 bits per heavy atom. The molecule has 0 aromatic heterocycles. The topological polar surface area (TPSA) is 20.3 Å². The maximum atomic E-state index is 12.6. The second kappa shape index (κ2) is 6.76. The van der Waals surface area contributed by atoms with Crippen LogP contribution < -0.4 is 0 Å². The molecule has 1 heterocycles.